The molecule has 1 aliphatic heterocycles. The van der Waals surface area contributed by atoms with E-state index in [0.717, 1.165) is 42.3 Å². The number of pyridine rings is 1. The molecule has 0 unspecified atom stereocenters. The third-order valence-electron chi connectivity index (χ3n) is 3.95. The van der Waals surface area contributed by atoms with Gasteiger partial charge in [-0.15, -0.1) is 0 Å². The fourth-order valence-corrected chi connectivity index (χ4v) is 2.77. The highest BCUT2D eigenvalue weighted by atomic mass is 16.5. The highest BCUT2D eigenvalue weighted by Gasteiger charge is 2.15. The minimum absolute atomic E-state index is 0.127. The van der Waals surface area contributed by atoms with Gasteiger partial charge in [-0.3, -0.25) is 9.78 Å². The summed E-state index contributed by atoms with van der Waals surface area (Å²) in [7, 11) is 0. The van der Waals surface area contributed by atoms with Crippen molar-refractivity contribution in [3.63, 3.8) is 0 Å². The second kappa shape index (κ2) is 6.78. The van der Waals surface area contributed by atoms with E-state index in [1.807, 2.05) is 24.3 Å². The third kappa shape index (κ3) is 3.46. The maximum Gasteiger partial charge on any atom is 0.165 e. The van der Waals surface area contributed by atoms with E-state index in [9.17, 15) is 4.79 Å². The summed E-state index contributed by atoms with van der Waals surface area (Å²) in [5.74, 6) is 0.127. The quantitative estimate of drug-likeness (QED) is 0.857. The van der Waals surface area contributed by atoms with Crippen LogP contribution in [0.2, 0.25) is 0 Å². The van der Waals surface area contributed by atoms with Gasteiger partial charge in [0.1, 0.15) is 0 Å². The highest BCUT2D eigenvalue weighted by molar-refractivity contribution is 6.07. The Kier molecular flexibility index (Phi) is 4.58. The minimum Gasteiger partial charge on any atom is -0.378 e. The Morgan fingerprint density at radius 2 is 2.14 bits per heavy atom. The number of rotatable bonds is 5. The van der Waals surface area contributed by atoms with Crippen molar-refractivity contribution < 1.29 is 9.53 Å². The summed E-state index contributed by atoms with van der Waals surface area (Å²) in [6.45, 7) is 2.52. The van der Waals surface area contributed by atoms with Crippen molar-refractivity contribution in [3.05, 3.63) is 42.2 Å². The fourth-order valence-electron chi connectivity index (χ4n) is 2.77. The number of hydrogen-bond donors (Lipinski definition) is 1. The molecule has 4 heteroatoms. The largest absolute Gasteiger partial charge is 0.378 e. The van der Waals surface area contributed by atoms with Gasteiger partial charge < -0.3 is 10.1 Å². The van der Waals surface area contributed by atoms with Crippen molar-refractivity contribution in [2.24, 2.45) is 0 Å². The predicted octanol–water partition coefficient (Wildman–Crippen LogP) is 2.58. The van der Waals surface area contributed by atoms with E-state index in [2.05, 4.69) is 10.3 Å². The third-order valence-corrected chi connectivity index (χ3v) is 3.95. The lowest BCUT2D eigenvalue weighted by Gasteiger charge is -2.22. The van der Waals surface area contributed by atoms with Crippen molar-refractivity contribution in [2.75, 3.05) is 19.7 Å². The molecule has 110 valence electrons. The van der Waals surface area contributed by atoms with Crippen molar-refractivity contribution in [3.8, 4) is 0 Å². The minimum atomic E-state index is 0.127. The normalized spacial score (nSPS) is 16.2. The Balaban J connectivity index is 1.61. The molecule has 0 bridgehead atoms. The molecule has 4 nitrogen and oxygen atoms in total. The number of ketones is 1. The van der Waals surface area contributed by atoms with Crippen LogP contribution in [0.25, 0.3) is 10.8 Å². The maximum absolute atomic E-state index is 12.4. The highest BCUT2D eigenvalue weighted by Crippen LogP contribution is 2.19. The zero-order valence-corrected chi connectivity index (χ0v) is 12.0. The molecule has 0 radical (unpaired) electrons. The molecule has 21 heavy (non-hydrogen) atoms. The summed E-state index contributed by atoms with van der Waals surface area (Å²) < 4.78 is 5.81. The van der Waals surface area contributed by atoms with Gasteiger partial charge in [-0.2, -0.15) is 0 Å². The average molecular weight is 284 g/mol. The lowest BCUT2D eigenvalue weighted by molar-refractivity contribution is 0.0314. The van der Waals surface area contributed by atoms with Crippen LogP contribution in [0.4, 0.5) is 0 Å². The van der Waals surface area contributed by atoms with Gasteiger partial charge in [0.15, 0.2) is 5.78 Å². The number of aromatic nitrogens is 1. The fraction of sp³-hybridized carbons (Fsp3) is 0.412. The maximum atomic E-state index is 12.4. The molecule has 3 rings (SSSR count). The smallest absolute Gasteiger partial charge is 0.165 e. The van der Waals surface area contributed by atoms with Crippen molar-refractivity contribution >= 4 is 16.6 Å². The molecule has 0 aliphatic carbocycles. The van der Waals surface area contributed by atoms with E-state index in [0.29, 0.717) is 19.1 Å². The number of carbonyl (C=O) groups is 1. The van der Waals surface area contributed by atoms with Crippen LogP contribution in [0.1, 0.15) is 29.6 Å². The van der Waals surface area contributed by atoms with Crippen LogP contribution >= 0.6 is 0 Å². The summed E-state index contributed by atoms with van der Waals surface area (Å²) in [5.41, 5.74) is 0.745. The standard InChI is InChI=1S/C17H20N2O2/c20-17(7-11-21-14-5-9-18-10-6-14)15-3-1-2-13-4-8-19-12-16(13)15/h1-4,8,12,14,18H,5-7,9-11H2. The zero-order chi connectivity index (χ0) is 14.5. The molecular formula is C17H20N2O2. The van der Waals surface area contributed by atoms with Gasteiger partial charge in [0.05, 0.1) is 12.7 Å². The van der Waals surface area contributed by atoms with Crippen LogP contribution in [0.15, 0.2) is 36.7 Å². The lowest BCUT2D eigenvalue weighted by Crippen LogP contribution is -2.32. The van der Waals surface area contributed by atoms with Gasteiger partial charge in [-0.25, -0.2) is 0 Å². The van der Waals surface area contributed by atoms with Gasteiger partial charge in [0.2, 0.25) is 0 Å². The molecule has 2 aromatic rings. The van der Waals surface area contributed by atoms with Gasteiger partial charge in [-0.05, 0) is 37.4 Å². The number of nitrogens with zero attached hydrogens (tertiary/aromatic N) is 1. The molecule has 1 N–H and O–H groups in total. The molecule has 0 saturated carbocycles. The lowest BCUT2D eigenvalue weighted by atomic mass is 10.0. The first-order chi connectivity index (χ1) is 10.3. The molecule has 0 atom stereocenters. The Labute approximate surface area is 124 Å². The molecule has 1 fully saturated rings. The van der Waals surface area contributed by atoms with Crippen LogP contribution in [0.5, 0.6) is 0 Å². The first-order valence-corrected chi connectivity index (χ1v) is 7.53. The Bertz CT molecular complexity index is 616. The van der Waals surface area contributed by atoms with Gasteiger partial charge in [0.25, 0.3) is 0 Å². The Morgan fingerprint density at radius 1 is 1.29 bits per heavy atom. The SMILES string of the molecule is O=C(CCOC1CCNCC1)c1cccc2ccncc12. The number of nitrogens with one attached hydrogen (secondary N) is 1. The van der Waals surface area contributed by atoms with E-state index < -0.39 is 0 Å². The Morgan fingerprint density at radius 3 is 3.00 bits per heavy atom. The topological polar surface area (TPSA) is 51.2 Å². The predicted molar refractivity (Wildman–Crippen MR) is 82.5 cm³/mol. The summed E-state index contributed by atoms with van der Waals surface area (Å²) in [5, 5.41) is 5.28. The number of hydrogen-bond acceptors (Lipinski definition) is 4. The van der Waals surface area contributed by atoms with E-state index in [1.165, 1.54) is 0 Å². The molecule has 1 aromatic carbocycles. The van der Waals surface area contributed by atoms with Crippen molar-refractivity contribution in [1.29, 1.82) is 0 Å². The molecule has 2 heterocycles. The molecule has 0 spiro atoms. The average Bonchev–Trinajstić information content (AvgIpc) is 2.55. The number of fused-ring (bicyclic) bond motifs is 1. The zero-order valence-electron chi connectivity index (χ0n) is 12.0. The van der Waals surface area contributed by atoms with Crippen LogP contribution < -0.4 is 5.32 Å². The summed E-state index contributed by atoms with van der Waals surface area (Å²) in [6.07, 6.45) is 6.30. The molecule has 1 aliphatic rings. The number of piperidine rings is 1. The molecule has 1 saturated heterocycles. The molecule has 0 amide bonds. The van der Waals surface area contributed by atoms with Crippen LogP contribution in [0.3, 0.4) is 0 Å². The van der Waals surface area contributed by atoms with Crippen molar-refractivity contribution in [1.82, 2.24) is 10.3 Å². The summed E-state index contributed by atoms with van der Waals surface area (Å²) in [6, 6.07) is 7.72. The van der Waals surface area contributed by atoms with E-state index in [4.69, 9.17) is 4.74 Å². The molecular weight excluding hydrogens is 264 g/mol. The number of benzene rings is 1. The number of carbonyl (C=O) groups excluding carboxylic acids is 1. The van der Waals surface area contributed by atoms with E-state index in [-0.39, 0.29) is 5.78 Å². The van der Waals surface area contributed by atoms with Crippen molar-refractivity contribution in [2.45, 2.75) is 25.4 Å². The van der Waals surface area contributed by atoms with Crippen LogP contribution in [-0.2, 0) is 4.74 Å². The molecule has 1 aromatic heterocycles. The second-order valence-electron chi connectivity index (χ2n) is 5.40. The summed E-state index contributed by atoms with van der Waals surface area (Å²) >= 11 is 0. The first kappa shape index (κ1) is 14.2. The van der Waals surface area contributed by atoms with Gasteiger partial charge in [0, 0.05) is 29.8 Å². The first-order valence-electron chi connectivity index (χ1n) is 7.53. The van der Waals surface area contributed by atoms with E-state index >= 15 is 0 Å². The van der Waals surface area contributed by atoms with Crippen LogP contribution in [-0.4, -0.2) is 36.6 Å². The van der Waals surface area contributed by atoms with Gasteiger partial charge in [-0.1, -0.05) is 18.2 Å². The van der Waals surface area contributed by atoms with E-state index in [1.54, 1.807) is 12.4 Å². The monoisotopic (exact) mass is 284 g/mol. The van der Waals surface area contributed by atoms with Gasteiger partial charge >= 0.3 is 0 Å². The van der Waals surface area contributed by atoms with Crippen LogP contribution in [0, 0.1) is 0 Å². The number of Topliss-reactive ketones (excluding diaryl/α,β-unsaturated/α-hetero) is 1. The summed E-state index contributed by atoms with van der Waals surface area (Å²) in [4.78, 5) is 16.5. The number of ether oxygens (including phenoxy) is 1. The second-order valence-corrected chi connectivity index (χ2v) is 5.40. The Hall–Kier alpha value is -1.78.